The van der Waals surface area contributed by atoms with E-state index in [0.29, 0.717) is 0 Å². The highest BCUT2D eigenvalue weighted by Gasteiger charge is 2.14. The first kappa shape index (κ1) is 28.5. The Labute approximate surface area is 259 Å². The molecule has 2 aromatic heterocycles. The maximum Gasteiger partial charge on any atom is 0.0541 e. The molecule has 6 aromatic carbocycles. The molecule has 0 aliphatic rings. The highest BCUT2D eigenvalue weighted by Crippen LogP contribution is 2.35. The van der Waals surface area contributed by atoms with E-state index in [9.17, 15) is 0 Å². The summed E-state index contributed by atoms with van der Waals surface area (Å²) in [6, 6.07) is 52.5. The lowest BCUT2D eigenvalue weighted by Gasteiger charge is -2.12. The number of hydrogen-bond acceptors (Lipinski definition) is 0. The first-order valence-electron chi connectivity index (χ1n) is 15.0. The molecule has 0 amide bonds. The number of allylic oxidation sites excluding steroid dienone is 2. The zero-order valence-corrected chi connectivity index (χ0v) is 25.3. The van der Waals surface area contributed by atoms with Gasteiger partial charge in [0, 0.05) is 32.9 Å². The van der Waals surface area contributed by atoms with Crippen molar-refractivity contribution in [3.05, 3.63) is 171 Å². The van der Waals surface area contributed by atoms with Crippen LogP contribution < -0.4 is 0 Å². The number of hydrogen-bond donors (Lipinski definition) is 0. The van der Waals surface area contributed by atoms with E-state index < -0.39 is 0 Å². The average molecular weight is 569 g/mol. The molecule has 0 fully saturated rings. The Hall–Kier alpha value is -5.60. The first-order chi connectivity index (χ1) is 21.7. The van der Waals surface area contributed by atoms with E-state index in [-0.39, 0.29) is 0 Å². The van der Waals surface area contributed by atoms with Crippen LogP contribution in [0.25, 0.3) is 66.1 Å². The van der Waals surface area contributed by atoms with E-state index in [1.807, 2.05) is 13.8 Å². The van der Waals surface area contributed by atoms with Crippen LogP contribution in [-0.2, 0) is 0 Å². The Bertz CT molecular complexity index is 1970. The molecule has 44 heavy (non-hydrogen) atoms. The van der Waals surface area contributed by atoms with Crippen molar-refractivity contribution in [2.24, 2.45) is 0 Å². The second-order valence-corrected chi connectivity index (χ2v) is 10.7. The van der Waals surface area contributed by atoms with Crippen molar-refractivity contribution in [3.63, 3.8) is 0 Å². The third-order valence-electron chi connectivity index (χ3n) is 7.70. The Balaban J connectivity index is 0.000000532. The molecule has 0 saturated heterocycles. The smallest absolute Gasteiger partial charge is 0.0541 e. The molecule has 0 spiro atoms. The normalized spacial score (nSPS) is 10.7. The molecule has 2 heteroatoms. The van der Waals surface area contributed by atoms with Crippen LogP contribution in [0.5, 0.6) is 0 Å². The number of para-hydroxylation sites is 4. The minimum atomic E-state index is 1.17. The summed E-state index contributed by atoms with van der Waals surface area (Å²) in [4.78, 5) is 0. The summed E-state index contributed by atoms with van der Waals surface area (Å²) in [5.41, 5.74) is 9.65. The predicted octanol–water partition coefficient (Wildman–Crippen LogP) is 11.9. The SMILES string of the molecule is C=CC.C=CC.c1cc(-c2cccc(-n3c4ccccc4c4ccccc43)c2)cc(-n2c3ccccc3c3ccccc32)c1. The van der Waals surface area contributed by atoms with Crippen molar-refractivity contribution in [3.8, 4) is 22.5 Å². The second-order valence-electron chi connectivity index (χ2n) is 10.7. The third kappa shape index (κ3) is 5.12. The third-order valence-corrected chi connectivity index (χ3v) is 7.70. The largest absolute Gasteiger partial charge is 0.309 e. The Morgan fingerprint density at radius 3 is 0.955 bits per heavy atom. The van der Waals surface area contributed by atoms with Crippen molar-refractivity contribution < 1.29 is 0 Å². The summed E-state index contributed by atoms with van der Waals surface area (Å²) in [6.07, 6.45) is 3.50. The fourth-order valence-corrected chi connectivity index (χ4v) is 6.05. The number of aromatic nitrogens is 2. The molecule has 2 heterocycles. The molecular weight excluding hydrogens is 532 g/mol. The lowest BCUT2D eigenvalue weighted by atomic mass is 10.0. The second kappa shape index (κ2) is 12.7. The number of benzene rings is 6. The first-order valence-corrected chi connectivity index (χ1v) is 15.0. The molecule has 0 unspecified atom stereocenters. The summed E-state index contributed by atoms with van der Waals surface area (Å²) < 4.78 is 4.76. The van der Waals surface area contributed by atoms with Crippen LogP contribution in [0, 0.1) is 0 Å². The lowest BCUT2D eigenvalue weighted by Crippen LogP contribution is -1.95. The minimum absolute atomic E-state index is 1.17. The highest BCUT2D eigenvalue weighted by molar-refractivity contribution is 6.10. The van der Waals surface area contributed by atoms with Gasteiger partial charge in [0.05, 0.1) is 22.1 Å². The molecule has 0 aliphatic carbocycles. The van der Waals surface area contributed by atoms with Crippen molar-refractivity contribution in [1.29, 1.82) is 0 Å². The van der Waals surface area contributed by atoms with Gasteiger partial charge < -0.3 is 9.13 Å². The van der Waals surface area contributed by atoms with E-state index in [2.05, 4.69) is 168 Å². The molecule has 0 radical (unpaired) electrons. The Kier molecular flexibility index (Phi) is 8.25. The Morgan fingerprint density at radius 1 is 0.386 bits per heavy atom. The van der Waals surface area contributed by atoms with Gasteiger partial charge in [-0.05, 0) is 73.5 Å². The van der Waals surface area contributed by atoms with Crippen molar-refractivity contribution >= 4 is 43.6 Å². The quantitative estimate of drug-likeness (QED) is 0.188. The zero-order valence-electron chi connectivity index (χ0n) is 25.3. The van der Waals surface area contributed by atoms with Crippen LogP contribution in [0.15, 0.2) is 171 Å². The van der Waals surface area contributed by atoms with Crippen molar-refractivity contribution in [1.82, 2.24) is 9.13 Å². The monoisotopic (exact) mass is 568 g/mol. The summed E-state index contributed by atoms with van der Waals surface area (Å²) in [6.45, 7) is 10.5. The van der Waals surface area contributed by atoms with Crippen molar-refractivity contribution in [2.45, 2.75) is 13.8 Å². The molecular formula is C42H36N2. The van der Waals surface area contributed by atoms with Gasteiger partial charge in [0.15, 0.2) is 0 Å². The molecule has 0 saturated carbocycles. The van der Waals surface area contributed by atoms with Crippen LogP contribution in [0.2, 0.25) is 0 Å². The molecule has 0 atom stereocenters. The molecule has 8 rings (SSSR count). The van der Waals surface area contributed by atoms with Gasteiger partial charge in [0.25, 0.3) is 0 Å². The topological polar surface area (TPSA) is 9.86 Å². The van der Waals surface area contributed by atoms with Crippen LogP contribution in [0.1, 0.15) is 13.8 Å². The van der Waals surface area contributed by atoms with Gasteiger partial charge in [-0.2, -0.15) is 0 Å². The molecule has 0 aliphatic heterocycles. The van der Waals surface area contributed by atoms with Crippen LogP contribution >= 0.6 is 0 Å². The van der Waals surface area contributed by atoms with E-state index in [0.717, 1.165) is 0 Å². The Morgan fingerprint density at radius 2 is 0.659 bits per heavy atom. The maximum absolute atomic E-state index is 3.36. The minimum Gasteiger partial charge on any atom is -0.309 e. The van der Waals surface area contributed by atoms with Gasteiger partial charge in [0.2, 0.25) is 0 Å². The van der Waals surface area contributed by atoms with E-state index >= 15 is 0 Å². The summed E-state index contributed by atoms with van der Waals surface area (Å²) in [7, 11) is 0. The van der Waals surface area contributed by atoms with Gasteiger partial charge >= 0.3 is 0 Å². The molecule has 0 bridgehead atoms. The van der Waals surface area contributed by atoms with Gasteiger partial charge in [0.1, 0.15) is 0 Å². The molecule has 0 N–H and O–H groups in total. The molecule has 8 aromatic rings. The zero-order chi connectivity index (χ0) is 30.5. The number of rotatable bonds is 3. The lowest BCUT2D eigenvalue weighted by molar-refractivity contribution is 1.17. The fraction of sp³-hybridized carbons (Fsp3) is 0.0476. The fourth-order valence-electron chi connectivity index (χ4n) is 6.05. The highest BCUT2D eigenvalue weighted by atomic mass is 15.0. The van der Waals surface area contributed by atoms with Crippen LogP contribution in [0.4, 0.5) is 0 Å². The summed E-state index contributed by atoms with van der Waals surface area (Å²) in [5, 5.41) is 5.12. The number of nitrogens with zero attached hydrogens (tertiary/aromatic N) is 2. The van der Waals surface area contributed by atoms with E-state index in [1.54, 1.807) is 12.2 Å². The van der Waals surface area contributed by atoms with E-state index in [1.165, 1.54) is 66.1 Å². The maximum atomic E-state index is 3.36. The summed E-state index contributed by atoms with van der Waals surface area (Å²) in [5.74, 6) is 0. The van der Waals surface area contributed by atoms with Crippen molar-refractivity contribution in [2.75, 3.05) is 0 Å². The standard InChI is InChI=1S/C36H24N2.2C3H6/c1-5-19-33-29(15-1)30-16-2-6-20-34(30)37(33)27-13-9-11-25(23-27)26-12-10-14-28(24-26)38-35-21-7-3-17-31(35)32-18-4-8-22-36(32)38;2*1-3-2/h1-24H;2*3H,1H2,2H3. The average Bonchev–Trinajstić information content (AvgIpc) is 3.59. The molecule has 2 nitrogen and oxygen atoms in total. The number of fused-ring (bicyclic) bond motifs is 6. The summed E-state index contributed by atoms with van der Waals surface area (Å²) >= 11 is 0. The van der Waals surface area contributed by atoms with Gasteiger partial charge in [-0.25, -0.2) is 0 Å². The van der Waals surface area contributed by atoms with Crippen LogP contribution in [-0.4, -0.2) is 9.13 Å². The predicted molar refractivity (Wildman–Crippen MR) is 192 cm³/mol. The van der Waals surface area contributed by atoms with Crippen LogP contribution in [0.3, 0.4) is 0 Å². The van der Waals surface area contributed by atoms with Gasteiger partial charge in [-0.3, -0.25) is 0 Å². The van der Waals surface area contributed by atoms with Gasteiger partial charge in [-0.1, -0.05) is 109 Å². The molecule has 214 valence electrons. The van der Waals surface area contributed by atoms with E-state index in [4.69, 9.17) is 0 Å². The van der Waals surface area contributed by atoms with Gasteiger partial charge in [-0.15, -0.1) is 13.2 Å².